The molecule has 0 spiro atoms. The van der Waals surface area contributed by atoms with E-state index in [1.807, 2.05) is 30.3 Å². The van der Waals surface area contributed by atoms with E-state index in [-0.39, 0.29) is 24.4 Å². The second-order valence-electron chi connectivity index (χ2n) is 7.75. The van der Waals surface area contributed by atoms with Crippen molar-refractivity contribution < 1.29 is 27.5 Å². The molecule has 0 saturated carbocycles. The summed E-state index contributed by atoms with van der Waals surface area (Å²) >= 11 is 0. The molecule has 4 rings (SSSR count). The van der Waals surface area contributed by atoms with E-state index < -0.39 is 29.7 Å². The van der Waals surface area contributed by atoms with Crippen molar-refractivity contribution in [1.82, 2.24) is 14.8 Å². The molecule has 35 heavy (non-hydrogen) atoms. The lowest BCUT2D eigenvalue weighted by atomic mass is 9.95. The summed E-state index contributed by atoms with van der Waals surface area (Å²) in [6, 6.07) is 12.9. The zero-order chi connectivity index (χ0) is 25.2. The zero-order valence-electron chi connectivity index (χ0n) is 18.9. The van der Waals surface area contributed by atoms with E-state index in [9.17, 15) is 22.8 Å². The summed E-state index contributed by atoms with van der Waals surface area (Å²) in [6.07, 6.45) is -3.23. The molecule has 0 unspecified atom stereocenters. The number of amides is 1. The van der Waals surface area contributed by atoms with Gasteiger partial charge in [-0.2, -0.15) is 23.3 Å². The Morgan fingerprint density at radius 2 is 1.86 bits per heavy atom. The molecule has 1 aliphatic rings. The normalized spacial score (nSPS) is 15.6. The summed E-state index contributed by atoms with van der Waals surface area (Å²) in [5.41, 5.74) is 0.603. The lowest BCUT2D eigenvalue weighted by Crippen LogP contribution is -2.40. The molecule has 1 amide bonds. The zero-order valence-corrected chi connectivity index (χ0v) is 18.9. The summed E-state index contributed by atoms with van der Waals surface area (Å²) in [5.74, 6) is -0.855. The third-order valence-corrected chi connectivity index (χ3v) is 5.49. The molecule has 0 radical (unpaired) electrons. The molecular weight excluding hydrogens is 463 g/mol. The quantitative estimate of drug-likeness (QED) is 0.527. The minimum atomic E-state index is -4.54. The van der Waals surface area contributed by atoms with E-state index in [2.05, 4.69) is 15.4 Å². The summed E-state index contributed by atoms with van der Waals surface area (Å²) in [6.45, 7) is 3.19. The van der Waals surface area contributed by atoms with Crippen molar-refractivity contribution in [2.75, 3.05) is 23.4 Å². The summed E-state index contributed by atoms with van der Waals surface area (Å²) in [4.78, 5) is 31.6. The lowest BCUT2D eigenvalue weighted by molar-refractivity contribution is -0.139. The first kappa shape index (κ1) is 24.0. The van der Waals surface area contributed by atoms with Crippen molar-refractivity contribution in [3.63, 3.8) is 0 Å². The molecule has 182 valence electrons. The largest absolute Gasteiger partial charge is 0.463 e. The number of allylic oxidation sites excluding steroid dienone is 1. The Bertz CT molecular complexity index is 1270. The van der Waals surface area contributed by atoms with Gasteiger partial charge in [0.2, 0.25) is 11.9 Å². The number of anilines is 2. The number of rotatable bonds is 6. The number of esters is 1. The van der Waals surface area contributed by atoms with Crippen LogP contribution in [0.3, 0.4) is 0 Å². The second kappa shape index (κ2) is 9.61. The van der Waals surface area contributed by atoms with Crippen LogP contribution in [-0.4, -0.2) is 39.8 Å². The van der Waals surface area contributed by atoms with Crippen LogP contribution in [0.5, 0.6) is 0 Å². The molecule has 1 aliphatic heterocycles. The fraction of sp³-hybridized carbons (Fsp3) is 0.250. The van der Waals surface area contributed by atoms with Crippen molar-refractivity contribution in [2.45, 2.75) is 26.1 Å². The van der Waals surface area contributed by atoms with E-state index >= 15 is 0 Å². The number of benzene rings is 2. The molecule has 3 aromatic rings. The summed E-state index contributed by atoms with van der Waals surface area (Å²) in [7, 11) is 0. The highest BCUT2D eigenvalue weighted by molar-refractivity contribution is 5.96. The average Bonchev–Trinajstić information content (AvgIpc) is 3.30. The topological polar surface area (TPSA) is 89.3 Å². The minimum absolute atomic E-state index is 0.00212. The van der Waals surface area contributed by atoms with Gasteiger partial charge in [-0.3, -0.25) is 4.79 Å². The Labute approximate surface area is 199 Å². The molecule has 1 N–H and O–H groups in total. The number of alkyl halides is 3. The number of hydrogen-bond donors (Lipinski definition) is 1. The highest BCUT2D eigenvalue weighted by atomic mass is 19.4. The van der Waals surface area contributed by atoms with E-state index in [0.29, 0.717) is 11.6 Å². The number of halogens is 3. The minimum Gasteiger partial charge on any atom is -0.463 e. The van der Waals surface area contributed by atoms with E-state index in [1.165, 1.54) is 28.0 Å². The van der Waals surface area contributed by atoms with Crippen molar-refractivity contribution in [3.05, 3.63) is 83.3 Å². The highest BCUT2D eigenvalue weighted by Crippen LogP contribution is 2.38. The molecule has 8 nitrogen and oxygen atoms in total. The van der Waals surface area contributed by atoms with Crippen LogP contribution in [0.25, 0.3) is 0 Å². The fourth-order valence-corrected chi connectivity index (χ4v) is 3.95. The predicted molar refractivity (Wildman–Crippen MR) is 121 cm³/mol. The van der Waals surface area contributed by atoms with Gasteiger partial charge in [-0.05, 0) is 37.6 Å². The van der Waals surface area contributed by atoms with Gasteiger partial charge in [0.05, 0.1) is 17.7 Å². The molecule has 2 aromatic carbocycles. The van der Waals surface area contributed by atoms with Crippen LogP contribution in [0.1, 0.15) is 31.0 Å². The molecular formula is C24H22F3N5O3. The number of nitrogens with zero attached hydrogens (tertiary/aromatic N) is 4. The predicted octanol–water partition coefficient (Wildman–Crippen LogP) is 4.18. The Hall–Kier alpha value is -4.15. The third kappa shape index (κ3) is 4.88. The van der Waals surface area contributed by atoms with Gasteiger partial charge in [0.15, 0.2) is 0 Å². The molecule has 1 aromatic heterocycles. The first-order valence-electron chi connectivity index (χ1n) is 10.8. The van der Waals surface area contributed by atoms with Gasteiger partial charge in [-0.15, -0.1) is 0 Å². The molecule has 0 aliphatic carbocycles. The Balaban J connectivity index is 1.68. The van der Waals surface area contributed by atoms with Crippen molar-refractivity contribution in [3.8, 4) is 0 Å². The van der Waals surface area contributed by atoms with Crippen LogP contribution in [0.4, 0.5) is 24.8 Å². The monoisotopic (exact) mass is 485 g/mol. The standard InChI is InChI=1S/C24H22F3N5O3/c1-3-35-22(34)20-15(2)31(13-19(33)30-18-11-7-10-17(12-18)24(25,26)27)23-28-14-29-32(23)21(20)16-8-5-4-6-9-16/h4-12,14,21H,3,13H2,1-2H3,(H,30,33)/t21-/m0/s1. The van der Waals surface area contributed by atoms with Gasteiger partial charge >= 0.3 is 12.1 Å². The first-order valence-corrected chi connectivity index (χ1v) is 10.8. The summed E-state index contributed by atoms with van der Waals surface area (Å²) < 4.78 is 45.9. The van der Waals surface area contributed by atoms with Crippen molar-refractivity contribution >= 4 is 23.5 Å². The summed E-state index contributed by atoms with van der Waals surface area (Å²) in [5, 5.41) is 6.77. The maximum atomic E-state index is 13.0. The van der Waals surface area contributed by atoms with Crippen LogP contribution < -0.4 is 10.2 Å². The van der Waals surface area contributed by atoms with Crippen LogP contribution in [0, 0.1) is 0 Å². The molecule has 11 heteroatoms. The van der Waals surface area contributed by atoms with Gasteiger partial charge < -0.3 is 15.0 Å². The number of fused-ring (bicyclic) bond motifs is 1. The average molecular weight is 485 g/mol. The first-order chi connectivity index (χ1) is 16.7. The van der Waals surface area contributed by atoms with E-state index in [4.69, 9.17) is 4.74 Å². The highest BCUT2D eigenvalue weighted by Gasteiger charge is 2.38. The number of carbonyl (C=O) groups is 2. The lowest BCUT2D eigenvalue weighted by Gasteiger charge is -2.35. The van der Waals surface area contributed by atoms with Crippen molar-refractivity contribution in [2.24, 2.45) is 0 Å². The second-order valence-corrected chi connectivity index (χ2v) is 7.75. The maximum absolute atomic E-state index is 13.0. The smallest absolute Gasteiger partial charge is 0.416 e. The molecule has 1 atom stereocenters. The van der Waals surface area contributed by atoms with Crippen LogP contribution in [0.15, 0.2) is 72.2 Å². The van der Waals surface area contributed by atoms with Crippen LogP contribution in [-0.2, 0) is 20.5 Å². The molecule has 0 saturated heterocycles. The van der Waals surface area contributed by atoms with Gasteiger partial charge in [0.1, 0.15) is 18.9 Å². The van der Waals surface area contributed by atoms with Crippen LogP contribution in [0.2, 0.25) is 0 Å². The van der Waals surface area contributed by atoms with Crippen molar-refractivity contribution in [1.29, 1.82) is 0 Å². The number of nitrogens with one attached hydrogen (secondary N) is 1. The molecule has 0 fully saturated rings. The Morgan fingerprint density at radius 1 is 1.11 bits per heavy atom. The maximum Gasteiger partial charge on any atom is 0.416 e. The Kier molecular flexibility index (Phi) is 6.59. The Morgan fingerprint density at radius 3 is 2.54 bits per heavy atom. The third-order valence-electron chi connectivity index (χ3n) is 5.49. The van der Waals surface area contributed by atoms with Gasteiger partial charge in [0.25, 0.3) is 0 Å². The molecule has 0 bridgehead atoms. The number of ether oxygens (including phenoxy) is 1. The van der Waals surface area contributed by atoms with Gasteiger partial charge in [0, 0.05) is 11.4 Å². The molecule has 2 heterocycles. The number of hydrogen-bond acceptors (Lipinski definition) is 6. The van der Waals surface area contributed by atoms with E-state index in [0.717, 1.165) is 17.7 Å². The van der Waals surface area contributed by atoms with Crippen LogP contribution >= 0.6 is 0 Å². The van der Waals surface area contributed by atoms with E-state index in [1.54, 1.807) is 13.8 Å². The van der Waals surface area contributed by atoms with Gasteiger partial charge in [-0.25, -0.2) is 9.48 Å². The SMILES string of the molecule is CCOC(=O)C1=C(C)N(CC(=O)Nc2cccc(C(F)(F)F)c2)c2ncnn2[C@H]1c1ccccc1. The number of carbonyl (C=O) groups excluding carboxylic acids is 2. The van der Waals surface area contributed by atoms with Gasteiger partial charge in [-0.1, -0.05) is 36.4 Å². The fourth-order valence-electron chi connectivity index (χ4n) is 3.95. The number of aromatic nitrogens is 3.